The van der Waals surface area contributed by atoms with Gasteiger partial charge in [-0.25, -0.2) is 9.67 Å². The molecule has 3 heterocycles. The van der Waals surface area contributed by atoms with E-state index in [4.69, 9.17) is 9.98 Å². The van der Waals surface area contributed by atoms with Crippen LogP contribution in [0, 0.1) is 0 Å². The average molecular weight is 417 g/mol. The minimum Gasteiger partial charge on any atom is -0.325 e. The number of carbonyl (C=O) groups is 1. The van der Waals surface area contributed by atoms with E-state index in [1.54, 1.807) is 0 Å². The first-order valence-corrected chi connectivity index (χ1v) is 10.8. The second kappa shape index (κ2) is 8.16. The van der Waals surface area contributed by atoms with E-state index in [1.807, 2.05) is 71.5 Å². The number of aromatic nitrogens is 2. The van der Waals surface area contributed by atoms with Crippen LogP contribution in [0.4, 0.5) is 11.5 Å². The molecule has 0 unspecified atom stereocenters. The fourth-order valence-corrected chi connectivity index (χ4v) is 4.31. The van der Waals surface area contributed by atoms with Crippen LogP contribution in [0.1, 0.15) is 12.0 Å². The number of hydrogen-bond donors (Lipinski definition) is 1. The number of aliphatic imine (C=N–C) groups is 2. The number of amidine groups is 2. The number of rotatable bonds is 4. The number of amides is 1. The maximum Gasteiger partial charge on any atom is 0.234 e. The average Bonchev–Trinajstić information content (AvgIpc) is 3.23. The maximum atomic E-state index is 12.4. The van der Waals surface area contributed by atoms with Crippen LogP contribution >= 0.6 is 11.8 Å². The van der Waals surface area contributed by atoms with Crippen LogP contribution in [0.3, 0.4) is 0 Å². The van der Waals surface area contributed by atoms with Crippen molar-refractivity contribution < 1.29 is 4.79 Å². The summed E-state index contributed by atoms with van der Waals surface area (Å²) < 4.78 is 1.83. The monoisotopic (exact) mass is 416 g/mol. The highest BCUT2D eigenvalue weighted by Gasteiger charge is 2.31. The van der Waals surface area contributed by atoms with E-state index in [0.717, 1.165) is 53.3 Å². The zero-order valence-corrected chi connectivity index (χ0v) is 17.0. The van der Waals surface area contributed by atoms with E-state index in [2.05, 4.69) is 15.3 Å². The molecule has 2 aromatic carbocycles. The molecule has 0 bridgehead atoms. The third kappa shape index (κ3) is 3.61. The van der Waals surface area contributed by atoms with Crippen LogP contribution in [0.15, 0.2) is 76.8 Å². The van der Waals surface area contributed by atoms with Crippen molar-refractivity contribution in [3.63, 3.8) is 0 Å². The molecule has 5 rings (SSSR count). The van der Waals surface area contributed by atoms with Gasteiger partial charge in [0, 0.05) is 18.8 Å². The molecule has 150 valence electrons. The second-order valence-electron chi connectivity index (χ2n) is 6.94. The predicted octanol–water partition coefficient (Wildman–Crippen LogP) is 3.70. The van der Waals surface area contributed by atoms with Crippen molar-refractivity contribution in [1.82, 2.24) is 14.7 Å². The highest BCUT2D eigenvalue weighted by atomic mass is 32.2. The fourth-order valence-electron chi connectivity index (χ4n) is 3.50. The van der Waals surface area contributed by atoms with Crippen LogP contribution in [-0.2, 0) is 4.79 Å². The quantitative estimate of drug-likeness (QED) is 0.704. The lowest BCUT2D eigenvalue weighted by Crippen LogP contribution is -2.42. The highest BCUT2D eigenvalue weighted by Crippen LogP contribution is 2.33. The van der Waals surface area contributed by atoms with Crippen molar-refractivity contribution in [2.45, 2.75) is 6.42 Å². The standard InChI is InChI=1S/C22H20N6OS/c29-19(25-16-8-3-1-4-9-16)15-30-22-26-21-18(20-23-12-7-13-27(20)22)14-24-28(21)17-10-5-2-6-11-17/h1-6,8-11,14H,7,12-13,15H2,(H,25,29). The molecular weight excluding hydrogens is 396 g/mol. The molecule has 8 heteroatoms. The van der Waals surface area contributed by atoms with Crippen molar-refractivity contribution in [2.24, 2.45) is 9.98 Å². The highest BCUT2D eigenvalue weighted by molar-refractivity contribution is 8.14. The minimum atomic E-state index is -0.0632. The minimum absolute atomic E-state index is 0.0632. The molecule has 1 N–H and O–H groups in total. The van der Waals surface area contributed by atoms with Gasteiger partial charge < -0.3 is 10.2 Å². The summed E-state index contributed by atoms with van der Waals surface area (Å²) in [5, 5.41) is 8.26. The summed E-state index contributed by atoms with van der Waals surface area (Å²) in [6.07, 6.45) is 2.79. The van der Waals surface area contributed by atoms with Crippen LogP contribution in [0.2, 0.25) is 0 Å². The van der Waals surface area contributed by atoms with Crippen molar-refractivity contribution in [2.75, 3.05) is 24.2 Å². The molecule has 2 aliphatic heterocycles. The Kier molecular flexibility index (Phi) is 5.06. The van der Waals surface area contributed by atoms with Crippen molar-refractivity contribution in [3.8, 4) is 5.69 Å². The number of nitrogens with one attached hydrogen (secondary N) is 1. The smallest absolute Gasteiger partial charge is 0.234 e. The zero-order valence-electron chi connectivity index (χ0n) is 16.2. The molecule has 2 aliphatic rings. The van der Waals surface area contributed by atoms with Crippen LogP contribution in [-0.4, -0.2) is 50.4 Å². The van der Waals surface area contributed by atoms with Crippen molar-refractivity contribution >= 4 is 40.2 Å². The number of anilines is 1. The van der Waals surface area contributed by atoms with Gasteiger partial charge in [0.15, 0.2) is 11.0 Å². The molecule has 7 nitrogen and oxygen atoms in total. The number of nitrogens with zero attached hydrogens (tertiary/aromatic N) is 5. The fraction of sp³-hybridized carbons (Fsp3) is 0.182. The molecule has 3 aromatic rings. The number of hydrogen-bond acceptors (Lipinski definition) is 6. The van der Waals surface area contributed by atoms with Gasteiger partial charge in [-0.05, 0) is 30.7 Å². The lowest BCUT2D eigenvalue weighted by atomic mass is 10.2. The van der Waals surface area contributed by atoms with Gasteiger partial charge in [0.05, 0.1) is 23.2 Å². The summed E-state index contributed by atoms with van der Waals surface area (Å²) in [5.74, 6) is 1.85. The molecule has 1 aromatic heterocycles. The lowest BCUT2D eigenvalue weighted by molar-refractivity contribution is -0.113. The molecule has 0 radical (unpaired) electrons. The van der Waals surface area contributed by atoms with Crippen LogP contribution in [0.25, 0.3) is 5.69 Å². The van der Waals surface area contributed by atoms with Gasteiger partial charge in [-0.2, -0.15) is 5.10 Å². The van der Waals surface area contributed by atoms with Crippen molar-refractivity contribution in [3.05, 3.63) is 72.4 Å². The SMILES string of the molecule is O=C(CSC1=Nc2c(cnn2-c2ccccc2)C2=NCCCN12)Nc1ccccc1. The zero-order chi connectivity index (χ0) is 20.3. The van der Waals surface area contributed by atoms with E-state index in [-0.39, 0.29) is 11.7 Å². The molecule has 0 saturated heterocycles. The van der Waals surface area contributed by atoms with Gasteiger partial charge >= 0.3 is 0 Å². The molecule has 0 fully saturated rings. The number of fused-ring (bicyclic) bond motifs is 3. The Labute approximate surface area is 178 Å². The topological polar surface area (TPSA) is 74.9 Å². The Bertz CT molecular complexity index is 1120. The van der Waals surface area contributed by atoms with Crippen molar-refractivity contribution in [1.29, 1.82) is 0 Å². The summed E-state index contributed by atoms with van der Waals surface area (Å²) in [7, 11) is 0. The maximum absolute atomic E-state index is 12.4. The molecule has 30 heavy (non-hydrogen) atoms. The molecule has 0 aliphatic carbocycles. The van der Waals surface area contributed by atoms with E-state index in [0.29, 0.717) is 0 Å². The first-order chi connectivity index (χ1) is 14.8. The van der Waals surface area contributed by atoms with Gasteiger partial charge in [0.2, 0.25) is 5.91 Å². The van der Waals surface area contributed by atoms with Crippen LogP contribution < -0.4 is 5.32 Å². The molecule has 0 saturated carbocycles. The Hall–Kier alpha value is -3.39. The first kappa shape index (κ1) is 18.6. The first-order valence-electron chi connectivity index (χ1n) is 9.82. The predicted molar refractivity (Wildman–Crippen MR) is 121 cm³/mol. The summed E-state index contributed by atoms with van der Waals surface area (Å²) in [5.41, 5.74) is 2.66. The number of para-hydroxylation sites is 2. The van der Waals surface area contributed by atoms with E-state index >= 15 is 0 Å². The Balaban J connectivity index is 1.42. The lowest BCUT2D eigenvalue weighted by Gasteiger charge is -2.32. The second-order valence-corrected chi connectivity index (χ2v) is 7.88. The van der Waals surface area contributed by atoms with Gasteiger partial charge in [-0.3, -0.25) is 9.79 Å². The summed E-state index contributed by atoms with van der Waals surface area (Å²) in [6, 6.07) is 19.4. The van der Waals surface area contributed by atoms with E-state index < -0.39 is 0 Å². The van der Waals surface area contributed by atoms with Gasteiger partial charge in [0.1, 0.15) is 5.84 Å². The number of carbonyl (C=O) groups excluding carboxylic acids is 1. The van der Waals surface area contributed by atoms with Gasteiger partial charge in [-0.15, -0.1) is 0 Å². The molecule has 0 atom stereocenters. The van der Waals surface area contributed by atoms with E-state index in [9.17, 15) is 4.79 Å². The third-order valence-electron chi connectivity index (χ3n) is 4.86. The Morgan fingerprint density at radius 3 is 2.63 bits per heavy atom. The summed E-state index contributed by atoms with van der Waals surface area (Å²) >= 11 is 1.42. The van der Waals surface area contributed by atoms with E-state index in [1.165, 1.54) is 11.8 Å². The molecule has 1 amide bonds. The third-order valence-corrected chi connectivity index (χ3v) is 5.84. The number of benzene rings is 2. The Morgan fingerprint density at radius 1 is 1.07 bits per heavy atom. The van der Waals surface area contributed by atoms with Gasteiger partial charge in [-0.1, -0.05) is 48.2 Å². The molecule has 0 spiro atoms. The van der Waals surface area contributed by atoms with Crippen LogP contribution in [0.5, 0.6) is 0 Å². The number of thioether (sulfide) groups is 1. The summed E-state index contributed by atoms with van der Waals surface area (Å²) in [6.45, 7) is 1.62. The Morgan fingerprint density at radius 2 is 1.83 bits per heavy atom. The normalized spacial score (nSPS) is 15.0. The summed E-state index contributed by atoms with van der Waals surface area (Å²) in [4.78, 5) is 24.2. The molecular formula is C22H20N6OS. The largest absolute Gasteiger partial charge is 0.325 e. The van der Waals surface area contributed by atoms with Gasteiger partial charge in [0.25, 0.3) is 0 Å².